The van der Waals surface area contributed by atoms with E-state index in [2.05, 4.69) is 27.1 Å². The molecule has 3 aromatic rings. The van der Waals surface area contributed by atoms with Gasteiger partial charge in [-0.1, -0.05) is 40.6 Å². The summed E-state index contributed by atoms with van der Waals surface area (Å²) in [6, 6.07) is 9.45. The van der Waals surface area contributed by atoms with Crippen molar-refractivity contribution in [1.29, 1.82) is 0 Å². The summed E-state index contributed by atoms with van der Waals surface area (Å²) >= 11 is 13.4. The number of hydrogen-bond acceptors (Lipinski definition) is 6. The number of thiazole rings is 1. The summed E-state index contributed by atoms with van der Waals surface area (Å²) < 4.78 is 0. The van der Waals surface area contributed by atoms with Crippen LogP contribution in [0.5, 0.6) is 0 Å². The maximum absolute atomic E-state index is 13.1. The molecule has 0 unspecified atom stereocenters. The number of amides is 1. The first-order valence-electron chi connectivity index (χ1n) is 9.57. The number of nitrogens with one attached hydrogen (secondary N) is 1. The van der Waals surface area contributed by atoms with Gasteiger partial charge in [0.05, 0.1) is 10.7 Å². The van der Waals surface area contributed by atoms with Crippen LogP contribution in [0.2, 0.25) is 10.0 Å². The van der Waals surface area contributed by atoms with E-state index in [9.17, 15) is 4.79 Å². The number of hydrogen-bond donors (Lipinski definition) is 1. The Hall–Kier alpha value is -2.35. The van der Waals surface area contributed by atoms with Crippen LogP contribution in [0.4, 0.5) is 16.6 Å². The minimum Gasteiger partial charge on any atom is -0.368 e. The van der Waals surface area contributed by atoms with Gasteiger partial charge in [-0.3, -0.25) is 4.79 Å². The molecule has 0 atom stereocenters. The van der Waals surface area contributed by atoms with Crippen molar-refractivity contribution in [2.45, 2.75) is 13.8 Å². The van der Waals surface area contributed by atoms with Crippen molar-refractivity contribution in [2.24, 2.45) is 0 Å². The average molecular weight is 462 g/mol. The van der Waals surface area contributed by atoms with Crippen LogP contribution in [-0.2, 0) is 0 Å². The Morgan fingerprint density at radius 1 is 1.07 bits per heavy atom. The highest BCUT2D eigenvalue weighted by atomic mass is 35.5. The zero-order valence-electron chi connectivity index (χ0n) is 16.7. The largest absolute Gasteiger partial charge is 0.368 e. The number of carbonyl (C=O) groups is 1. The van der Waals surface area contributed by atoms with E-state index in [0.29, 0.717) is 33.9 Å². The van der Waals surface area contributed by atoms with Crippen molar-refractivity contribution in [2.75, 3.05) is 36.4 Å². The van der Waals surface area contributed by atoms with Gasteiger partial charge in [0.1, 0.15) is 10.7 Å². The van der Waals surface area contributed by atoms with Crippen molar-refractivity contribution in [3.63, 3.8) is 0 Å². The first-order valence-corrected chi connectivity index (χ1v) is 11.1. The Labute approximate surface area is 189 Å². The summed E-state index contributed by atoms with van der Waals surface area (Å²) in [5.74, 6) is 0.655. The Bertz CT molecular complexity index is 1060. The molecule has 1 aromatic carbocycles. The number of benzene rings is 1. The van der Waals surface area contributed by atoms with Crippen LogP contribution in [0.25, 0.3) is 0 Å². The SMILES string of the molecule is Cc1ccc(Cl)cc1N1CCN(C(=O)c2sc(Nc3ccc(Cl)cn3)nc2C)CC1. The molecule has 0 radical (unpaired) electrons. The number of carbonyl (C=O) groups excluding carboxylic acids is 1. The third-order valence-electron chi connectivity index (χ3n) is 5.03. The Balaban J connectivity index is 1.42. The summed E-state index contributed by atoms with van der Waals surface area (Å²) in [5.41, 5.74) is 3.03. The van der Waals surface area contributed by atoms with E-state index in [1.54, 1.807) is 18.3 Å². The topological polar surface area (TPSA) is 61.4 Å². The molecule has 1 aliphatic rings. The molecule has 3 heterocycles. The normalized spacial score (nSPS) is 14.1. The van der Waals surface area contributed by atoms with Gasteiger partial charge in [-0.15, -0.1) is 0 Å². The van der Waals surface area contributed by atoms with Crippen LogP contribution in [0.15, 0.2) is 36.5 Å². The van der Waals surface area contributed by atoms with Crippen molar-refractivity contribution < 1.29 is 4.79 Å². The number of piperazine rings is 1. The van der Waals surface area contributed by atoms with Crippen LogP contribution in [-0.4, -0.2) is 47.0 Å². The second kappa shape index (κ2) is 8.79. The second-order valence-corrected chi connectivity index (χ2v) is 9.00. The molecule has 1 aliphatic heterocycles. The smallest absolute Gasteiger partial charge is 0.266 e. The van der Waals surface area contributed by atoms with Gasteiger partial charge in [-0.2, -0.15) is 0 Å². The minimum atomic E-state index is 0.0181. The molecular weight excluding hydrogens is 441 g/mol. The number of aryl methyl sites for hydroxylation is 2. The lowest BCUT2D eigenvalue weighted by Gasteiger charge is -2.36. The van der Waals surface area contributed by atoms with Gasteiger partial charge in [0.15, 0.2) is 5.13 Å². The third-order valence-corrected chi connectivity index (χ3v) is 6.55. The van der Waals surface area contributed by atoms with E-state index in [0.717, 1.165) is 29.5 Å². The molecule has 2 aromatic heterocycles. The molecule has 0 aliphatic carbocycles. The molecule has 6 nitrogen and oxygen atoms in total. The summed E-state index contributed by atoms with van der Waals surface area (Å²) in [6.45, 7) is 6.78. The third kappa shape index (κ3) is 4.53. The zero-order valence-corrected chi connectivity index (χ0v) is 19.0. The van der Waals surface area contributed by atoms with E-state index in [1.807, 2.05) is 30.0 Å². The predicted molar refractivity (Wildman–Crippen MR) is 124 cm³/mol. The fraction of sp³-hybridized carbons (Fsp3) is 0.286. The van der Waals surface area contributed by atoms with E-state index >= 15 is 0 Å². The van der Waals surface area contributed by atoms with Crippen LogP contribution in [0.1, 0.15) is 20.9 Å². The summed E-state index contributed by atoms with van der Waals surface area (Å²) in [6.07, 6.45) is 1.57. The fourth-order valence-corrected chi connectivity index (χ4v) is 4.64. The number of rotatable bonds is 4. The lowest BCUT2D eigenvalue weighted by atomic mass is 10.1. The Morgan fingerprint density at radius 3 is 2.50 bits per heavy atom. The van der Waals surface area contributed by atoms with Gasteiger partial charge in [-0.25, -0.2) is 9.97 Å². The molecule has 9 heteroatoms. The standard InChI is InChI=1S/C21H21Cl2N5OS/c1-13-3-4-15(22)11-17(13)27-7-9-28(10-8-27)20(29)19-14(2)25-21(30-19)26-18-6-5-16(23)12-24-18/h3-6,11-12H,7-10H2,1-2H3,(H,24,25,26). The highest BCUT2D eigenvalue weighted by molar-refractivity contribution is 7.17. The number of aromatic nitrogens is 2. The number of nitrogens with zero attached hydrogens (tertiary/aromatic N) is 4. The second-order valence-electron chi connectivity index (χ2n) is 7.13. The Kier molecular flexibility index (Phi) is 6.13. The summed E-state index contributed by atoms with van der Waals surface area (Å²) in [7, 11) is 0. The number of anilines is 3. The molecule has 1 fully saturated rings. The van der Waals surface area contributed by atoms with Gasteiger partial charge in [0.2, 0.25) is 0 Å². The van der Waals surface area contributed by atoms with Crippen LogP contribution in [0.3, 0.4) is 0 Å². The highest BCUT2D eigenvalue weighted by Gasteiger charge is 2.26. The van der Waals surface area contributed by atoms with Crippen LogP contribution >= 0.6 is 34.5 Å². The monoisotopic (exact) mass is 461 g/mol. The van der Waals surface area contributed by atoms with Gasteiger partial charge < -0.3 is 15.1 Å². The maximum Gasteiger partial charge on any atom is 0.266 e. The van der Waals surface area contributed by atoms with Crippen LogP contribution < -0.4 is 10.2 Å². The van der Waals surface area contributed by atoms with Gasteiger partial charge in [0, 0.05) is 43.1 Å². The quantitative estimate of drug-likeness (QED) is 0.580. The molecule has 4 rings (SSSR count). The predicted octanol–water partition coefficient (Wildman–Crippen LogP) is 5.17. The van der Waals surface area contributed by atoms with Crippen molar-refractivity contribution in [3.05, 3.63) is 62.7 Å². The van der Waals surface area contributed by atoms with Gasteiger partial charge in [0.25, 0.3) is 5.91 Å². The molecule has 156 valence electrons. The lowest BCUT2D eigenvalue weighted by molar-refractivity contribution is 0.0750. The van der Waals surface area contributed by atoms with Crippen molar-refractivity contribution >= 4 is 57.1 Å². The van der Waals surface area contributed by atoms with E-state index in [1.165, 1.54) is 16.9 Å². The summed E-state index contributed by atoms with van der Waals surface area (Å²) in [5, 5.41) is 5.07. The number of halogens is 2. The number of pyridine rings is 1. The molecular formula is C21H21Cl2N5OS. The fourth-order valence-electron chi connectivity index (χ4n) is 3.42. The molecule has 1 N–H and O–H groups in total. The minimum absolute atomic E-state index is 0.0181. The van der Waals surface area contributed by atoms with Crippen molar-refractivity contribution in [3.8, 4) is 0 Å². The molecule has 0 bridgehead atoms. The Morgan fingerprint density at radius 2 is 1.80 bits per heavy atom. The first kappa shape index (κ1) is 20.9. The maximum atomic E-state index is 13.1. The molecule has 0 spiro atoms. The molecule has 0 saturated carbocycles. The average Bonchev–Trinajstić information content (AvgIpc) is 3.11. The van der Waals surface area contributed by atoms with E-state index < -0.39 is 0 Å². The molecule has 1 amide bonds. The zero-order chi connectivity index (χ0) is 21.3. The van der Waals surface area contributed by atoms with Gasteiger partial charge in [-0.05, 0) is 43.7 Å². The van der Waals surface area contributed by atoms with E-state index in [-0.39, 0.29) is 5.91 Å². The molecule has 30 heavy (non-hydrogen) atoms. The summed E-state index contributed by atoms with van der Waals surface area (Å²) in [4.78, 5) is 26.6. The van der Waals surface area contributed by atoms with Gasteiger partial charge >= 0.3 is 0 Å². The van der Waals surface area contributed by atoms with E-state index in [4.69, 9.17) is 23.2 Å². The molecule has 1 saturated heterocycles. The van der Waals surface area contributed by atoms with Crippen LogP contribution in [0, 0.1) is 13.8 Å². The van der Waals surface area contributed by atoms with Crippen molar-refractivity contribution in [1.82, 2.24) is 14.9 Å². The highest BCUT2D eigenvalue weighted by Crippen LogP contribution is 2.29. The first-order chi connectivity index (χ1) is 14.4. The lowest BCUT2D eigenvalue weighted by Crippen LogP contribution is -2.49.